The summed E-state index contributed by atoms with van der Waals surface area (Å²) in [6.07, 6.45) is -0.510. The molecule has 1 aromatic carbocycles. The van der Waals surface area contributed by atoms with E-state index in [0.29, 0.717) is 0 Å². The lowest BCUT2D eigenvalue weighted by atomic mass is 10.1. The molecule has 0 aliphatic heterocycles. The summed E-state index contributed by atoms with van der Waals surface area (Å²) in [5, 5.41) is 4.97. The molecule has 0 unspecified atom stereocenters. The third-order valence-corrected chi connectivity index (χ3v) is 3.33. The smallest absolute Gasteiger partial charge is 0.408 e. The molecule has 0 aromatic heterocycles. The Morgan fingerprint density at radius 1 is 1.08 bits per heavy atom. The van der Waals surface area contributed by atoms with Crippen LogP contribution in [0.15, 0.2) is 30.3 Å². The Hall–Kier alpha value is -2.61. The molecule has 0 fully saturated rings. The highest BCUT2D eigenvalue weighted by atomic mass is 16.6. The summed E-state index contributed by atoms with van der Waals surface area (Å²) < 4.78 is 9.86. The highest BCUT2D eigenvalue weighted by Crippen LogP contribution is 2.07. The molecule has 0 heterocycles. The van der Waals surface area contributed by atoms with Crippen LogP contribution in [0.1, 0.15) is 26.3 Å². The minimum atomic E-state index is -1.03. The van der Waals surface area contributed by atoms with E-state index in [1.54, 1.807) is 20.8 Å². The topological polar surface area (TPSA) is 120 Å². The van der Waals surface area contributed by atoms with Crippen molar-refractivity contribution in [2.24, 2.45) is 5.73 Å². The summed E-state index contributed by atoms with van der Waals surface area (Å²) in [7, 11) is 1.24. The first-order valence-corrected chi connectivity index (χ1v) is 8.28. The number of ether oxygens (including phenoxy) is 2. The Morgan fingerprint density at radius 3 is 2.19 bits per heavy atom. The highest BCUT2D eigenvalue weighted by molar-refractivity contribution is 5.90. The summed E-state index contributed by atoms with van der Waals surface area (Å²) in [5.41, 5.74) is 5.72. The van der Waals surface area contributed by atoms with Crippen LogP contribution in [0, 0.1) is 0 Å². The first-order chi connectivity index (χ1) is 12.2. The van der Waals surface area contributed by atoms with Gasteiger partial charge in [0.25, 0.3) is 0 Å². The number of esters is 1. The summed E-state index contributed by atoms with van der Waals surface area (Å²) in [6, 6.07) is 7.25. The first-order valence-electron chi connectivity index (χ1n) is 8.28. The summed E-state index contributed by atoms with van der Waals surface area (Å²) in [6.45, 7) is 4.97. The predicted molar refractivity (Wildman–Crippen MR) is 96.3 cm³/mol. The number of alkyl carbamates (subject to hydrolysis) is 1. The number of rotatable bonds is 7. The zero-order valence-electron chi connectivity index (χ0n) is 15.6. The van der Waals surface area contributed by atoms with Crippen molar-refractivity contribution in [3.8, 4) is 0 Å². The summed E-state index contributed by atoms with van der Waals surface area (Å²) in [4.78, 5) is 36.3. The molecule has 0 aliphatic rings. The molecular formula is C18H27N3O5. The van der Waals surface area contributed by atoms with Crippen molar-refractivity contribution in [1.82, 2.24) is 10.6 Å². The number of nitrogens with one attached hydrogen (secondary N) is 2. The van der Waals surface area contributed by atoms with E-state index in [-0.39, 0.29) is 13.0 Å². The molecule has 1 rings (SSSR count). The molecule has 144 valence electrons. The standard InChI is InChI=1S/C18H27N3O5/c1-18(2,3)26-17(24)21-14(11-19)15(22)20-13(16(23)25-4)10-12-8-6-5-7-9-12/h5-9,13-14H,10-11,19H2,1-4H3,(H,20,22)(H,21,24)/t13-,14-/m0/s1. The van der Waals surface area contributed by atoms with Crippen molar-refractivity contribution in [1.29, 1.82) is 0 Å². The molecule has 2 atom stereocenters. The van der Waals surface area contributed by atoms with Gasteiger partial charge in [0.1, 0.15) is 17.7 Å². The van der Waals surface area contributed by atoms with Crippen LogP contribution in [0.3, 0.4) is 0 Å². The van der Waals surface area contributed by atoms with Gasteiger partial charge in [-0.15, -0.1) is 0 Å². The van der Waals surface area contributed by atoms with Crippen molar-refractivity contribution in [3.63, 3.8) is 0 Å². The fourth-order valence-corrected chi connectivity index (χ4v) is 2.14. The van der Waals surface area contributed by atoms with Gasteiger partial charge in [0.2, 0.25) is 5.91 Å². The van der Waals surface area contributed by atoms with E-state index in [1.807, 2.05) is 30.3 Å². The molecule has 2 amide bonds. The van der Waals surface area contributed by atoms with Gasteiger partial charge in [0.05, 0.1) is 7.11 Å². The van der Waals surface area contributed by atoms with Crippen molar-refractivity contribution < 1.29 is 23.9 Å². The molecule has 0 bridgehead atoms. The molecule has 8 nitrogen and oxygen atoms in total. The van der Waals surface area contributed by atoms with E-state index >= 15 is 0 Å². The lowest BCUT2D eigenvalue weighted by Crippen LogP contribution is -2.55. The van der Waals surface area contributed by atoms with Crippen LogP contribution >= 0.6 is 0 Å². The van der Waals surface area contributed by atoms with Crippen molar-refractivity contribution in [3.05, 3.63) is 35.9 Å². The number of carbonyl (C=O) groups is 3. The maximum absolute atomic E-state index is 12.4. The van der Waals surface area contributed by atoms with E-state index in [0.717, 1.165) is 5.56 Å². The molecule has 0 aliphatic carbocycles. The van der Waals surface area contributed by atoms with Gasteiger partial charge in [-0.2, -0.15) is 0 Å². The van der Waals surface area contributed by atoms with E-state index in [9.17, 15) is 14.4 Å². The number of methoxy groups -OCH3 is 1. The van der Waals surface area contributed by atoms with Gasteiger partial charge in [-0.3, -0.25) is 4.79 Å². The molecule has 1 aromatic rings. The number of nitrogens with two attached hydrogens (primary N) is 1. The SMILES string of the molecule is COC(=O)[C@H](Cc1ccccc1)NC(=O)[C@H](CN)NC(=O)OC(C)(C)C. The molecular weight excluding hydrogens is 338 g/mol. The number of hydrogen-bond acceptors (Lipinski definition) is 6. The van der Waals surface area contributed by atoms with Gasteiger partial charge < -0.3 is 25.8 Å². The van der Waals surface area contributed by atoms with Crippen LogP contribution in [0.25, 0.3) is 0 Å². The highest BCUT2D eigenvalue weighted by Gasteiger charge is 2.28. The molecule has 26 heavy (non-hydrogen) atoms. The average Bonchev–Trinajstić information content (AvgIpc) is 2.57. The maximum atomic E-state index is 12.4. The van der Waals surface area contributed by atoms with Gasteiger partial charge in [-0.1, -0.05) is 30.3 Å². The Balaban J connectivity index is 2.76. The van der Waals surface area contributed by atoms with Crippen LogP contribution in [0.4, 0.5) is 4.79 Å². The average molecular weight is 365 g/mol. The Kier molecular flexibility index (Phi) is 8.05. The number of amides is 2. The normalized spacial score (nSPS) is 13.3. The minimum Gasteiger partial charge on any atom is -0.467 e. The Bertz CT molecular complexity index is 613. The second-order valence-electron chi connectivity index (χ2n) is 6.71. The minimum absolute atomic E-state index is 0.149. The fraction of sp³-hybridized carbons (Fsp3) is 0.500. The second kappa shape index (κ2) is 9.76. The molecule has 8 heteroatoms. The third-order valence-electron chi connectivity index (χ3n) is 3.33. The van der Waals surface area contributed by atoms with Gasteiger partial charge in [0, 0.05) is 13.0 Å². The van der Waals surface area contributed by atoms with E-state index in [1.165, 1.54) is 7.11 Å². The summed E-state index contributed by atoms with van der Waals surface area (Å²) in [5.74, 6) is -1.18. The maximum Gasteiger partial charge on any atom is 0.408 e. The Labute approximate surface area is 153 Å². The van der Waals surface area contributed by atoms with E-state index < -0.39 is 35.7 Å². The van der Waals surface area contributed by atoms with Crippen molar-refractivity contribution in [2.45, 2.75) is 44.9 Å². The summed E-state index contributed by atoms with van der Waals surface area (Å²) >= 11 is 0. The lowest BCUT2D eigenvalue weighted by Gasteiger charge is -2.24. The van der Waals surface area contributed by atoms with E-state index in [2.05, 4.69) is 10.6 Å². The van der Waals surface area contributed by atoms with Crippen molar-refractivity contribution in [2.75, 3.05) is 13.7 Å². The van der Waals surface area contributed by atoms with E-state index in [4.69, 9.17) is 15.2 Å². The van der Waals surface area contributed by atoms with Gasteiger partial charge in [0.15, 0.2) is 0 Å². The quantitative estimate of drug-likeness (QED) is 0.613. The molecule has 0 spiro atoms. The number of carbonyl (C=O) groups excluding carboxylic acids is 3. The molecule has 0 saturated carbocycles. The lowest BCUT2D eigenvalue weighted by molar-refractivity contribution is -0.145. The number of hydrogen-bond donors (Lipinski definition) is 3. The molecule has 0 saturated heterocycles. The first kappa shape index (κ1) is 21.4. The van der Waals surface area contributed by atoms with Crippen molar-refractivity contribution >= 4 is 18.0 Å². The van der Waals surface area contributed by atoms with Gasteiger partial charge in [-0.05, 0) is 26.3 Å². The van der Waals surface area contributed by atoms with Crippen LogP contribution in [0.2, 0.25) is 0 Å². The zero-order chi connectivity index (χ0) is 19.7. The largest absolute Gasteiger partial charge is 0.467 e. The predicted octanol–water partition coefficient (Wildman–Crippen LogP) is 0.739. The van der Waals surface area contributed by atoms with Crippen LogP contribution < -0.4 is 16.4 Å². The van der Waals surface area contributed by atoms with Crippen LogP contribution in [-0.2, 0) is 25.5 Å². The van der Waals surface area contributed by atoms with Crippen LogP contribution in [0.5, 0.6) is 0 Å². The van der Waals surface area contributed by atoms with Gasteiger partial charge in [-0.25, -0.2) is 9.59 Å². The van der Waals surface area contributed by atoms with Gasteiger partial charge >= 0.3 is 12.1 Å². The zero-order valence-corrected chi connectivity index (χ0v) is 15.6. The van der Waals surface area contributed by atoms with Crippen LogP contribution in [-0.4, -0.2) is 49.3 Å². The number of benzene rings is 1. The monoisotopic (exact) mass is 365 g/mol. The third kappa shape index (κ3) is 7.52. The molecule has 4 N–H and O–H groups in total. The Morgan fingerprint density at radius 2 is 1.69 bits per heavy atom. The fourth-order valence-electron chi connectivity index (χ4n) is 2.14. The second-order valence-corrected chi connectivity index (χ2v) is 6.71. The molecule has 0 radical (unpaired) electrons.